The molecule has 1 heterocycles. The topological polar surface area (TPSA) is 62.2 Å². The number of benzene rings is 1. The number of hydrogen-bond donors (Lipinski definition) is 2. The Morgan fingerprint density at radius 3 is 2.40 bits per heavy atom. The molecule has 9 atom stereocenters. The van der Waals surface area contributed by atoms with Gasteiger partial charge in [0.1, 0.15) is 0 Å². The van der Waals surface area contributed by atoms with Gasteiger partial charge >= 0.3 is 5.97 Å². The maximum atomic E-state index is 11.5. The number of nitrogens with zero attached hydrogens (tertiary/aromatic N) is 1. The molecule has 1 aromatic heterocycles. The Bertz CT molecular complexity index is 1580. The molecular formula is C44H60N2O2. The van der Waals surface area contributed by atoms with Gasteiger partial charge in [0, 0.05) is 17.9 Å². The van der Waals surface area contributed by atoms with Crippen molar-refractivity contribution in [1.82, 2.24) is 10.3 Å². The summed E-state index contributed by atoms with van der Waals surface area (Å²) in [5, 5.41) is 13.8. The number of carbonyl (C=O) groups is 1. The summed E-state index contributed by atoms with van der Waals surface area (Å²) in [4.78, 5) is 15.9. The van der Waals surface area contributed by atoms with Crippen LogP contribution in [0.3, 0.4) is 0 Å². The fourth-order valence-electron chi connectivity index (χ4n) is 13.5. The van der Waals surface area contributed by atoms with Gasteiger partial charge in [0.15, 0.2) is 0 Å². The Morgan fingerprint density at radius 2 is 1.71 bits per heavy atom. The van der Waals surface area contributed by atoms with Crippen LogP contribution in [0, 0.1) is 51.2 Å². The van der Waals surface area contributed by atoms with Gasteiger partial charge in [0.25, 0.3) is 0 Å². The molecule has 48 heavy (non-hydrogen) atoms. The third-order valence-electron chi connectivity index (χ3n) is 15.9. The second-order valence-corrected chi connectivity index (χ2v) is 18.2. The lowest BCUT2D eigenvalue weighted by Crippen LogP contribution is -2.68. The first kappa shape index (κ1) is 33.8. The van der Waals surface area contributed by atoms with Crippen LogP contribution in [0.1, 0.15) is 127 Å². The van der Waals surface area contributed by atoms with E-state index in [4.69, 9.17) is 0 Å². The summed E-state index contributed by atoms with van der Waals surface area (Å²) in [7, 11) is 0. The van der Waals surface area contributed by atoms with Crippen molar-refractivity contribution in [2.75, 3.05) is 6.54 Å². The highest BCUT2D eigenvalue weighted by atomic mass is 16.4. The molecule has 4 nitrogen and oxygen atoms in total. The minimum atomic E-state index is -0.856. The van der Waals surface area contributed by atoms with Crippen molar-refractivity contribution in [3.05, 3.63) is 83.7 Å². The minimum absolute atomic E-state index is 0.0365. The summed E-state index contributed by atoms with van der Waals surface area (Å²) in [6.07, 6.45) is 20.3. The molecule has 7 rings (SSSR count). The Morgan fingerprint density at radius 1 is 0.938 bits per heavy atom. The van der Waals surface area contributed by atoms with E-state index in [0.717, 1.165) is 31.7 Å². The lowest BCUT2D eigenvalue weighted by atomic mass is 9.33. The van der Waals surface area contributed by atoms with Crippen molar-refractivity contribution < 1.29 is 9.90 Å². The summed E-state index contributed by atoms with van der Waals surface area (Å²) in [5.74, 6) is 2.50. The maximum absolute atomic E-state index is 11.5. The molecule has 5 aliphatic rings. The van der Waals surface area contributed by atoms with E-state index in [2.05, 4.69) is 76.6 Å². The van der Waals surface area contributed by atoms with Crippen molar-refractivity contribution >= 4 is 11.5 Å². The summed E-state index contributed by atoms with van der Waals surface area (Å²) < 4.78 is 0. The number of nitrogens with one attached hydrogen (secondary N) is 1. The highest BCUT2D eigenvalue weighted by Crippen LogP contribution is 2.76. The van der Waals surface area contributed by atoms with Gasteiger partial charge in [0.2, 0.25) is 0 Å². The van der Waals surface area contributed by atoms with E-state index >= 15 is 0 Å². The lowest BCUT2D eigenvalue weighted by molar-refractivity contribution is -0.219. The van der Waals surface area contributed by atoms with Crippen LogP contribution in [0.4, 0.5) is 0 Å². The number of aromatic carboxylic acids is 1. The molecule has 0 aliphatic heterocycles. The largest absolute Gasteiger partial charge is 0.478 e. The summed E-state index contributed by atoms with van der Waals surface area (Å²) in [5.41, 5.74) is 6.92. The number of pyridine rings is 1. The van der Waals surface area contributed by atoms with Crippen molar-refractivity contribution in [3.8, 4) is 0 Å². The van der Waals surface area contributed by atoms with Crippen molar-refractivity contribution in [3.63, 3.8) is 0 Å². The molecule has 4 heteroatoms. The molecule has 0 saturated heterocycles. The monoisotopic (exact) mass is 648 g/mol. The fourth-order valence-corrected chi connectivity index (χ4v) is 13.5. The zero-order valence-electron chi connectivity index (χ0n) is 30.6. The first-order valence-corrected chi connectivity index (χ1v) is 19.1. The Labute approximate surface area is 290 Å². The highest BCUT2D eigenvalue weighted by Gasteiger charge is 2.70. The van der Waals surface area contributed by atoms with Crippen LogP contribution in [0.5, 0.6) is 0 Å². The molecule has 4 fully saturated rings. The maximum Gasteiger partial charge on any atom is 0.335 e. The average Bonchev–Trinajstić information content (AvgIpc) is 3.44. The number of carboxylic acids is 1. The second-order valence-electron chi connectivity index (χ2n) is 18.2. The van der Waals surface area contributed by atoms with Crippen LogP contribution in [-0.2, 0) is 6.42 Å². The normalized spacial score (nSPS) is 39.7. The summed E-state index contributed by atoms with van der Waals surface area (Å²) >= 11 is 0. The molecule has 0 bridgehead atoms. The number of carboxylic acid groups (broad SMARTS) is 1. The Hall–Kier alpha value is -2.72. The van der Waals surface area contributed by atoms with E-state index in [-0.39, 0.29) is 16.4 Å². The van der Waals surface area contributed by atoms with E-state index < -0.39 is 5.97 Å². The van der Waals surface area contributed by atoms with Gasteiger partial charge < -0.3 is 10.4 Å². The van der Waals surface area contributed by atoms with Gasteiger partial charge in [-0.2, -0.15) is 0 Å². The van der Waals surface area contributed by atoms with Crippen LogP contribution in [0.2, 0.25) is 0 Å². The smallest absolute Gasteiger partial charge is 0.335 e. The molecule has 258 valence electrons. The predicted octanol–water partition coefficient (Wildman–Crippen LogP) is 10.4. The van der Waals surface area contributed by atoms with Crippen LogP contribution < -0.4 is 5.32 Å². The van der Waals surface area contributed by atoms with Crippen LogP contribution >= 0.6 is 0 Å². The van der Waals surface area contributed by atoms with Gasteiger partial charge in [-0.25, -0.2) is 4.79 Å². The quantitative estimate of drug-likeness (QED) is 0.221. The van der Waals surface area contributed by atoms with Gasteiger partial charge in [-0.15, -0.1) is 0 Å². The number of rotatable bonds is 8. The van der Waals surface area contributed by atoms with Gasteiger partial charge in [-0.1, -0.05) is 71.0 Å². The highest BCUT2D eigenvalue weighted by molar-refractivity contribution is 5.88. The molecule has 0 spiro atoms. The molecule has 0 unspecified atom stereocenters. The molecule has 0 amide bonds. The fraction of sp³-hybridized carbons (Fsp3) is 0.636. The zero-order chi connectivity index (χ0) is 34.1. The molecule has 0 radical (unpaired) electrons. The molecule has 2 N–H and O–H groups in total. The average molecular weight is 649 g/mol. The molecular weight excluding hydrogens is 588 g/mol. The third kappa shape index (κ3) is 5.01. The van der Waals surface area contributed by atoms with Gasteiger partial charge in [-0.3, -0.25) is 4.98 Å². The van der Waals surface area contributed by atoms with Crippen molar-refractivity contribution in [2.45, 2.75) is 118 Å². The second kappa shape index (κ2) is 12.0. The molecule has 2 aromatic rings. The molecule has 4 saturated carbocycles. The summed E-state index contributed by atoms with van der Waals surface area (Å²) in [6, 6.07) is 11.9. The van der Waals surface area contributed by atoms with E-state index in [1.165, 1.54) is 73.6 Å². The van der Waals surface area contributed by atoms with E-state index in [9.17, 15) is 9.90 Å². The lowest BCUT2D eigenvalue weighted by Gasteiger charge is -2.72. The number of aryl methyl sites for hydroxylation is 1. The van der Waals surface area contributed by atoms with Crippen molar-refractivity contribution in [2.24, 2.45) is 51.2 Å². The Kier molecular flexibility index (Phi) is 8.41. The van der Waals surface area contributed by atoms with E-state index in [1.54, 1.807) is 12.1 Å². The van der Waals surface area contributed by atoms with Crippen LogP contribution in [-0.4, -0.2) is 28.1 Å². The number of aromatic nitrogens is 1. The van der Waals surface area contributed by atoms with E-state index in [0.29, 0.717) is 40.1 Å². The first-order valence-electron chi connectivity index (χ1n) is 19.1. The van der Waals surface area contributed by atoms with Crippen LogP contribution in [0.25, 0.3) is 5.57 Å². The SMILES string of the molecule is C=C(C)[C@@H]1CC[C@]2(NCCCc3cccnc3)CC[C@]3(C)[C@H](CC[C@@H]4[C@@]5(C)CC=C(c6ccc(C(=O)O)cc6)C(C)(C)[C@@H]5CC[C@]43C)[C@@H]12. The molecule has 5 aliphatic carbocycles. The third-order valence-corrected chi connectivity index (χ3v) is 15.9. The molecule has 1 aromatic carbocycles. The zero-order valence-corrected chi connectivity index (χ0v) is 30.6. The number of hydrogen-bond acceptors (Lipinski definition) is 3. The van der Waals surface area contributed by atoms with Gasteiger partial charge in [-0.05, 0) is 170 Å². The summed E-state index contributed by atoms with van der Waals surface area (Å²) in [6.45, 7) is 21.1. The van der Waals surface area contributed by atoms with Crippen LogP contribution in [0.15, 0.2) is 67.0 Å². The first-order chi connectivity index (χ1) is 22.8. The number of allylic oxidation sites excluding steroid dienone is 3. The standard InChI is InChI=1S/C44H60N2O2/c1-29(2)33-18-23-44(46-27-9-11-30-10-8-26-45-28-30)25-24-42(6)35(38(33)44)16-17-37-41(5)21-19-34(31-12-14-32(15-13-31)39(47)48)40(3,4)36(41)20-22-43(37,42)7/h8,10,12-15,19,26,28,33,35-38,46H,1,9,11,16-18,20-25,27H2,2-7H3,(H,47,48)/t33-,35+,36-,37+,38+,41-,42+,43+,44-/m0/s1. The van der Waals surface area contributed by atoms with E-state index in [1.807, 2.05) is 24.5 Å². The van der Waals surface area contributed by atoms with Gasteiger partial charge in [0.05, 0.1) is 5.56 Å². The number of fused-ring (bicyclic) bond motifs is 7. The van der Waals surface area contributed by atoms with Crippen molar-refractivity contribution in [1.29, 1.82) is 0 Å². The minimum Gasteiger partial charge on any atom is -0.478 e. The predicted molar refractivity (Wildman–Crippen MR) is 197 cm³/mol. The Balaban J connectivity index is 1.16.